The van der Waals surface area contributed by atoms with E-state index in [1.807, 2.05) is 30.5 Å². The van der Waals surface area contributed by atoms with E-state index in [9.17, 15) is 0 Å². The van der Waals surface area contributed by atoms with Gasteiger partial charge >= 0.3 is 0 Å². The Morgan fingerprint density at radius 3 is 2.64 bits per heavy atom. The highest BCUT2D eigenvalue weighted by molar-refractivity contribution is 7.80. The zero-order chi connectivity index (χ0) is 17.1. The van der Waals surface area contributed by atoms with Crippen LogP contribution < -0.4 is 20.1 Å². The normalized spacial score (nSPS) is 17.8. The second-order valence-electron chi connectivity index (χ2n) is 6.47. The molecule has 2 N–H and O–H groups in total. The minimum absolute atomic E-state index is 0.133. The SMILES string of the molecule is S=C(Nc1ccc2c(c1)OCCO2)NC1(c2cccnc2)CCCC1. The van der Waals surface area contributed by atoms with E-state index in [-0.39, 0.29) is 5.54 Å². The Labute approximate surface area is 152 Å². The molecule has 2 aliphatic rings. The molecule has 25 heavy (non-hydrogen) atoms. The lowest BCUT2D eigenvalue weighted by Gasteiger charge is -2.32. The molecule has 1 aliphatic carbocycles. The lowest BCUT2D eigenvalue weighted by Crippen LogP contribution is -2.45. The van der Waals surface area contributed by atoms with E-state index < -0.39 is 0 Å². The Morgan fingerprint density at radius 2 is 1.88 bits per heavy atom. The molecule has 0 radical (unpaired) electrons. The van der Waals surface area contributed by atoms with Gasteiger partial charge in [0.2, 0.25) is 0 Å². The van der Waals surface area contributed by atoms with Crippen molar-refractivity contribution in [2.45, 2.75) is 31.2 Å². The molecule has 0 unspecified atom stereocenters. The lowest BCUT2D eigenvalue weighted by atomic mass is 9.89. The number of ether oxygens (including phenoxy) is 2. The molecule has 0 spiro atoms. The van der Waals surface area contributed by atoms with Crippen LogP contribution in [0.15, 0.2) is 42.7 Å². The van der Waals surface area contributed by atoms with Crippen molar-refractivity contribution in [2.75, 3.05) is 18.5 Å². The summed E-state index contributed by atoms with van der Waals surface area (Å²) < 4.78 is 11.2. The predicted octanol–water partition coefficient (Wildman–Crippen LogP) is 3.61. The standard InChI is InChI=1S/C19H21N3O2S/c25-18(21-15-5-6-16-17(12-15)24-11-10-23-16)22-19(7-1-2-8-19)14-4-3-9-20-13-14/h3-6,9,12-13H,1-2,7-8,10-11H2,(H2,21,22,25). The van der Waals surface area contributed by atoms with E-state index >= 15 is 0 Å². The molecule has 130 valence electrons. The number of hydrogen-bond acceptors (Lipinski definition) is 4. The molecule has 2 aromatic rings. The molecule has 0 atom stereocenters. The predicted molar refractivity (Wildman–Crippen MR) is 101 cm³/mol. The van der Waals surface area contributed by atoms with Crippen molar-refractivity contribution in [1.82, 2.24) is 10.3 Å². The van der Waals surface area contributed by atoms with Crippen LogP contribution in [0.2, 0.25) is 0 Å². The molecule has 5 nitrogen and oxygen atoms in total. The topological polar surface area (TPSA) is 55.4 Å². The van der Waals surface area contributed by atoms with Gasteiger partial charge in [-0.2, -0.15) is 0 Å². The highest BCUT2D eigenvalue weighted by Crippen LogP contribution is 2.38. The smallest absolute Gasteiger partial charge is 0.171 e. The van der Waals surface area contributed by atoms with Gasteiger partial charge in [-0.1, -0.05) is 18.9 Å². The highest BCUT2D eigenvalue weighted by atomic mass is 32.1. The first-order valence-corrected chi connectivity index (χ1v) is 9.05. The fourth-order valence-electron chi connectivity index (χ4n) is 3.61. The van der Waals surface area contributed by atoms with Crippen molar-refractivity contribution in [3.63, 3.8) is 0 Å². The van der Waals surface area contributed by atoms with Gasteiger partial charge in [-0.15, -0.1) is 0 Å². The zero-order valence-corrected chi connectivity index (χ0v) is 14.8. The minimum Gasteiger partial charge on any atom is -0.486 e. The van der Waals surface area contributed by atoms with E-state index in [0.29, 0.717) is 18.3 Å². The summed E-state index contributed by atoms with van der Waals surface area (Å²) >= 11 is 5.58. The van der Waals surface area contributed by atoms with Gasteiger partial charge in [0.1, 0.15) is 13.2 Å². The van der Waals surface area contributed by atoms with Gasteiger partial charge in [-0.3, -0.25) is 4.98 Å². The molecule has 0 bridgehead atoms. The van der Waals surface area contributed by atoms with E-state index in [2.05, 4.69) is 21.7 Å². The number of anilines is 1. The molecule has 6 heteroatoms. The first-order chi connectivity index (χ1) is 12.3. The summed E-state index contributed by atoms with van der Waals surface area (Å²) in [6.45, 7) is 1.16. The summed E-state index contributed by atoms with van der Waals surface area (Å²) in [5, 5.41) is 7.44. The van der Waals surface area contributed by atoms with Crippen molar-refractivity contribution in [1.29, 1.82) is 0 Å². The van der Waals surface area contributed by atoms with Gasteiger partial charge in [0, 0.05) is 24.1 Å². The Hall–Kier alpha value is -2.34. The van der Waals surface area contributed by atoms with Crippen molar-refractivity contribution in [3.05, 3.63) is 48.3 Å². The lowest BCUT2D eigenvalue weighted by molar-refractivity contribution is 0.171. The van der Waals surface area contributed by atoms with E-state index in [0.717, 1.165) is 30.0 Å². The molecule has 4 rings (SSSR count). The van der Waals surface area contributed by atoms with Crippen molar-refractivity contribution in [3.8, 4) is 11.5 Å². The van der Waals surface area contributed by atoms with Crippen LogP contribution in [-0.4, -0.2) is 23.3 Å². The fraction of sp³-hybridized carbons (Fsp3) is 0.368. The minimum atomic E-state index is -0.133. The maximum absolute atomic E-state index is 5.63. The number of nitrogens with zero attached hydrogens (tertiary/aromatic N) is 1. The quantitative estimate of drug-likeness (QED) is 0.821. The van der Waals surface area contributed by atoms with Crippen LogP contribution in [0, 0.1) is 0 Å². The van der Waals surface area contributed by atoms with Crippen LogP contribution in [0.5, 0.6) is 11.5 Å². The van der Waals surface area contributed by atoms with Crippen molar-refractivity contribution < 1.29 is 9.47 Å². The molecule has 2 heterocycles. The number of hydrogen-bond donors (Lipinski definition) is 2. The molecule has 1 fully saturated rings. The van der Waals surface area contributed by atoms with Crippen LogP contribution >= 0.6 is 12.2 Å². The summed E-state index contributed by atoms with van der Waals surface area (Å²) in [5.74, 6) is 1.53. The molecule has 1 aromatic carbocycles. The highest BCUT2D eigenvalue weighted by Gasteiger charge is 2.36. The Balaban J connectivity index is 1.49. The fourth-order valence-corrected chi connectivity index (χ4v) is 3.92. The third kappa shape index (κ3) is 3.39. The summed E-state index contributed by atoms with van der Waals surface area (Å²) in [7, 11) is 0. The van der Waals surface area contributed by atoms with Gasteiger partial charge in [0.05, 0.1) is 5.54 Å². The largest absolute Gasteiger partial charge is 0.486 e. The molecular weight excluding hydrogens is 334 g/mol. The van der Waals surface area contributed by atoms with Crippen LogP contribution in [0.4, 0.5) is 5.69 Å². The zero-order valence-electron chi connectivity index (χ0n) is 14.0. The molecule has 1 aromatic heterocycles. The van der Waals surface area contributed by atoms with Crippen LogP contribution in [0.1, 0.15) is 31.2 Å². The second kappa shape index (κ2) is 6.88. The van der Waals surface area contributed by atoms with E-state index in [1.165, 1.54) is 18.4 Å². The Morgan fingerprint density at radius 1 is 1.08 bits per heavy atom. The Bertz CT molecular complexity index is 761. The molecule has 1 saturated carbocycles. The first kappa shape index (κ1) is 16.1. The number of aromatic nitrogens is 1. The van der Waals surface area contributed by atoms with Gasteiger partial charge < -0.3 is 20.1 Å². The van der Waals surface area contributed by atoms with Crippen LogP contribution in [0.3, 0.4) is 0 Å². The monoisotopic (exact) mass is 355 g/mol. The summed E-state index contributed by atoms with van der Waals surface area (Å²) in [6.07, 6.45) is 8.23. The van der Waals surface area contributed by atoms with E-state index in [1.54, 1.807) is 6.20 Å². The maximum Gasteiger partial charge on any atom is 0.171 e. The number of benzene rings is 1. The summed E-state index contributed by atoms with van der Waals surface area (Å²) in [5.41, 5.74) is 1.95. The number of pyridine rings is 1. The molecule has 0 saturated heterocycles. The number of rotatable bonds is 3. The van der Waals surface area contributed by atoms with Crippen molar-refractivity contribution >= 4 is 23.0 Å². The van der Waals surface area contributed by atoms with Gasteiger partial charge in [0.15, 0.2) is 16.6 Å². The van der Waals surface area contributed by atoms with Crippen LogP contribution in [0.25, 0.3) is 0 Å². The number of fused-ring (bicyclic) bond motifs is 1. The van der Waals surface area contributed by atoms with Gasteiger partial charge in [-0.25, -0.2) is 0 Å². The Kier molecular flexibility index (Phi) is 4.44. The van der Waals surface area contributed by atoms with Gasteiger partial charge in [-0.05, 0) is 48.8 Å². The third-order valence-electron chi connectivity index (χ3n) is 4.82. The third-order valence-corrected chi connectivity index (χ3v) is 5.03. The second-order valence-corrected chi connectivity index (χ2v) is 6.88. The molecule has 0 amide bonds. The summed E-state index contributed by atoms with van der Waals surface area (Å²) in [6, 6.07) is 9.89. The summed E-state index contributed by atoms with van der Waals surface area (Å²) in [4.78, 5) is 4.28. The number of nitrogens with one attached hydrogen (secondary N) is 2. The maximum atomic E-state index is 5.63. The van der Waals surface area contributed by atoms with Gasteiger partial charge in [0.25, 0.3) is 0 Å². The molecule has 1 aliphatic heterocycles. The van der Waals surface area contributed by atoms with Crippen LogP contribution in [-0.2, 0) is 5.54 Å². The average Bonchev–Trinajstić information content (AvgIpc) is 3.12. The first-order valence-electron chi connectivity index (χ1n) is 8.65. The van der Waals surface area contributed by atoms with Crippen molar-refractivity contribution in [2.24, 2.45) is 0 Å². The van der Waals surface area contributed by atoms with E-state index in [4.69, 9.17) is 21.7 Å². The average molecular weight is 355 g/mol. The molecular formula is C19H21N3O2S. The number of thiocarbonyl (C=S) groups is 1.